The van der Waals surface area contributed by atoms with E-state index in [0.717, 1.165) is 34.6 Å². The van der Waals surface area contributed by atoms with Crippen molar-refractivity contribution in [3.63, 3.8) is 0 Å². The molecule has 0 radical (unpaired) electrons. The number of rotatable bonds is 4. The lowest BCUT2D eigenvalue weighted by Crippen LogP contribution is -2.11. The van der Waals surface area contributed by atoms with Crippen LogP contribution in [0.25, 0.3) is 11.0 Å². The van der Waals surface area contributed by atoms with E-state index in [4.69, 9.17) is 17.3 Å². The Morgan fingerprint density at radius 2 is 2.00 bits per heavy atom. The lowest BCUT2D eigenvalue weighted by molar-refractivity contribution is 0.798. The topological polar surface area (TPSA) is 43.8 Å². The van der Waals surface area contributed by atoms with Gasteiger partial charge in [0.25, 0.3) is 0 Å². The summed E-state index contributed by atoms with van der Waals surface area (Å²) in [6, 6.07) is 14.6. The van der Waals surface area contributed by atoms with Gasteiger partial charge in [0.05, 0.1) is 17.4 Å². The summed E-state index contributed by atoms with van der Waals surface area (Å²) in [7, 11) is 0. The van der Waals surface area contributed by atoms with Crippen molar-refractivity contribution in [2.45, 2.75) is 25.4 Å². The summed E-state index contributed by atoms with van der Waals surface area (Å²) in [5.41, 5.74) is 11.8. The molecule has 1 aliphatic rings. The largest absolute Gasteiger partial charge is 0.326 e. The summed E-state index contributed by atoms with van der Waals surface area (Å²) in [6.07, 6.45) is 8.95. The van der Waals surface area contributed by atoms with Gasteiger partial charge in [-0.05, 0) is 35.3 Å². The van der Waals surface area contributed by atoms with Crippen LogP contribution in [0.1, 0.15) is 29.0 Å². The number of aromatic nitrogens is 2. The first kappa shape index (κ1) is 16.1. The second kappa shape index (κ2) is 6.87. The van der Waals surface area contributed by atoms with Crippen LogP contribution in [0.4, 0.5) is 0 Å². The minimum absolute atomic E-state index is 0.176. The molecule has 1 atom stereocenters. The number of benzene rings is 2. The Bertz CT molecular complexity index is 954. The highest BCUT2D eigenvalue weighted by molar-refractivity contribution is 6.30. The van der Waals surface area contributed by atoms with Gasteiger partial charge in [-0.1, -0.05) is 60.2 Å². The van der Waals surface area contributed by atoms with E-state index in [1.54, 1.807) is 0 Å². The molecule has 2 aromatic carbocycles. The van der Waals surface area contributed by atoms with E-state index in [1.165, 1.54) is 11.1 Å². The van der Waals surface area contributed by atoms with Crippen LogP contribution in [-0.2, 0) is 13.1 Å². The lowest BCUT2D eigenvalue weighted by atomic mass is 9.88. The highest BCUT2D eigenvalue weighted by Crippen LogP contribution is 2.37. The molecule has 3 nitrogen and oxygen atoms in total. The molecule has 1 aliphatic carbocycles. The average Bonchev–Trinajstić information content (AvgIpc) is 3.05. The second-order valence-electron chi connectivity index (χ2n) is 6.33. The number of hydrogen-bond acceptors (Lipinski definition) is 2. The smallest absolute Gasteiger partial charge is 0.0961 e. The van der Waals surface area contributed by atoms with Crippen LogP contribution in [0.15, 0.2) is 72.1 Å². The van der Waals surface area contributed by atoms with E-state index in [-0.39, 0.29) is 5.92 Å². The molecule has 126 valence electrons. The van der Waals surface area contributed by atoms with Gasteiger partial charge in [-0.15, -0.1) is 0 Å². The van der Waals surface area contributed by atoms with Crippen molar-refractivity contribution in [3.8, 4) is 0 Å². The van der Waals surface area contributed by atoms with Gasteiger partial charge in [-0.2, -0.15) is 0 Å². The first-order valence-electron chi connectivity index (χ1n) is 8.50. The molecule has 4 rings (SSSR count). The molecule has 1 heterocycles. The third-order valence-corrected chi connectivity index (χ3v) is 5.18. The summed E-state index contributed by atoms with van der Waals surface area (Å²) in [5.74, 6) is 0.176. The number of nitrogens with two attached hydrogens (primary N) is 1. The van der Waals surface area contributed by atoms with Crippen molar-refractivity contribution in [1.29, 1.82) is 0 Å². The van der Waals surface area contributed by atoms with Crippen LogP contribution < -0.4 is 5.73 Å². The van der Waals surface area contributed by atoms with Gasteiger partial charge in [0.15, 0.2) is 0 Å². The molecular formula is C21H20ClN3. The second-order valence-corrected chi connectivity index (χ2v) is 6.77. The summed E-state index contributed by atoms with van der Waals surface area (Å²) in [4.78, 5) is 4.57. The SMILES string of the molecule is NCc1c(C2CC=CC=C2Cl)ccc2ncn(Cc3ccccc3)c12. The van der Waals surface area contributed by atoms with Crippen molar-refractivity contribution < 1.29 is 0 Å². The third kappa shape index (κ3) is 3.01. The average molecular weight is 350 g/mol. The first-order chi connectivity index (χ1) is 12.3. The zero-order chi connectivity index (χ0) is 17.2. The maximum atomic E-state index is 6.49. The fourth-order valence-electron chi connectivity index (χ4n) is 3.57. The van der Waals surface area contributed by atoms with Crippen molar-refractivity contribution in [2.75, 3.05) is 0 Å². The van der Waals surface area contributed by atoms with E-state index in [0.29, 0.717) is 6.54 Å². The first-order valence-corrected chi connectivity index (χ1v) is 8.88. The maximum Gasteiger partial charge on any atom is 0.0961 e. The van der Waals surface area contributed by atoms with E-state index in [2.05, 4.69) is 52.0 Å². The van der Waals surface area contributed by atoms with Gasteiger partial charge in [-0.25, -0.2) is 4.98 Å². The molecular weight excluding hydrogens is 330 g/mol. The Hall–Kier alpha value is -2.36. The van der Waals surface area contributed by atoms with Gasteiger partial charge in [0.1, 0.15) is 0 Å². The van der Waals surface area contributed by atoms with E-state index in [1.807, 2.05) is 24.5 Å². The summed E-state index contributed by atoms with van der Waals surface area (Å²) < 4.78 is 2.19. The van der Waals surface area contributed by atoms with E-state index < -0.39 is 0 Å². The molecule has 0 aliphatic heterocycles. The molecule has 3 aromatic rings. The lowest BCUT2D eigenvalue weighted by Gasteiger charge is -2.21. The third-order valence-electron chi connectivity index (χ3n) is 4.79. The summed E-state index contributed by atoms with van der Waals surface area (Å²) in [6.45, 7) is 1.25. The Balaban J connectivity index is 1.83. The van der Waals surface area contributed by atoms with Gasteiger partial charge >= 0.3 is 0 Å². The molecule has 0 fully saturated rings. The highest BCUT2D eigenvalue weighted by atomic mass is 35.5. The van der Waals surface area contributed by atoms with Crippen LogP contribution >= 0.6 is 11.6 Å². The highest BCUT2D eigenvalue weighted by Gasteiger charge is 2.21. The van der Waals surface area contributed by atoms with Crippen LogP contribution in [0.3, 0.4) is 0 Å². The number of halogens is 1. The standard InChI is InChI=1S/C21H20ClN3/c22-19-9-5-4-8-17(19)16-10-11-20-21(18(16)12-23)25(14-24-20)13-15-6-2-1-3-7-15/h1-7,9-11,14,17H,8,12-13,23H2. The number of fused-ring (bicyclic) bond motifs is 1. The van der Waals surface area contributed by atoms with Crippen molar-refractivity contribution in [3.05, 3.63) is 88.7 Å². The van der Waals surface area contributed by atoms with Gasteiger partial charge in [-0.3, -0.25) is 0 Å². The predicted molar refractivity (Wildman–Crippen MR) is 104 cm³/mol. The Morgan fingerprint density at radius 1 is 1.16 bits per heavy atom. The van der Waals surface area contributed by atoms with Crippen LogP contribution in [0.2, 0.25) is 0 Å². The Labute approximate surface area is 152 Å². The summed E-state index contributed by atoms with van der Waals surface area (Å²) in [5, 5.41) is 0.866. The zero-order valence-corrected chi connectivity index (χ0v) is 14.7. The van der Waals surface area contributed by atoms with Gasteiger partial charge < -0.3 is 10.3 Å². The molecule has 0 saturated heterocycles. The van der Waals surface area contributed by atoms with Crippen LogP contribution in [-0.4, -0.2) is 9.55 Å². The van der Waals surface area contributed by atoms with Crippen molar-refractivity contribution >= 4 is 22.6 Å². The molecule has 0 saturated carbocycles. The number of hydrogen-bond donors (Lipinski definition) is 1. The number of allylic oxidation sites excluding steroid dienone is 4. The molecule has 4 heteroatoms. The van der Waals surface area contributed by atoms with Crippen molar-refractivity contribution in [2.24, 2.45) is 5.73 Å². The zero-order valence-electron chi connectivity index (χ0n) is 13.9. The predicted octanol–water partition coefficient (Wildman–Crippen LogP) is 4.71. The molecule has 0 spiro atoms. The summed E-state index contributed by atoms with van der Waals surface area (Å²) >= 11 is 6.49. The minimum Gasteiger partial charge on any atom is -0.326 e. The fourth-order valence-corrected chi connectivity index (χ4v) is 3.85. The van der Waals surface area contributed by atoms with Crippen molar-refractivity contribution in [1.82, 2.24) is 9.55 Å². The Kier molecular flexibility index (Phi) is 4.43. The van der Waals surface area contributed by atoms with Gasteiger partial charge in [0, 0.05) is 24.0 Å². The molecule has 25 heavy (non-hydrogen) atoms. The van der Waals surface area contributed by atoms with Crippen LogP contribution in [0.5, 0.6) is 0 Å². The minimum atomic E-state index is 0.176. The molecule has 0 amide bonds. The van der Waals surface area contributed by atoms with E-state index in [9.17, 15) is 0 Å². The van der Waals surface area contributed by atoms with E-state index >= 15 is 0 Å². The Morgan fingerprint density at radius 3 is 2.76 bits per heavy atom. The number of imidazole rings is 1. The fraction of sp³-hybridized carbons (Fsp3) is 0.190. The molecule has 1 unspecified atom stereocenters. The van der Waals surface area contributed by atoms with Gasteiger partial charge in [0.2, 0.25) is 0 Å². The molecule has 1 aromatic heterocycles. The normalized spacial score (nSPS) is 17.0. The maximum absolute atomic E-state index is 6.49. The number of nitrogens with zero attached hydrogens (tertiary/aromatic N) is 2. The molecule has 2 N–H and O–H groups in total. The monoisotopic (exact) mass is 349 g/mol. The van der Waals surface area contributed by atoms with Crippen LogP contribution in [0, 0.1) is 0 Å². The molecule has 0 bridgehead atoms. The quantitative estimate of drug-likeness (QED) is 0.741.